The monoisotopic (exact) mass is 225 g/mol. The summed E-state index contributed by atoms with van der Waals surface area (Å²) >= 11 is 0. The molecule has 0 aromatic carbocycles. The van der Waals surface area contributed by atoms with E-state index in [9.17, 15) is 4.39 Å². The maximum absolute atomic E-state index is 13.6. The summed E-state index contributed by atoms with van der Waals surface area (Å²) in [6.07, 6.45) is 2.20. The number of anilines is 2. The molecule has 1 aliphatic heterocycles. The molecule has 0 aliphatic carbocycles. The van der Waals surface area contributed by atoms with Gasteiger partial charge in [-0.05, 0) is 19.3 Å². The van der Waals surface area contributed by atoms with Gasteiger partial charge in [-0.25, -0.2) is 15.2 Å². The Morgan fingerprint density at radius 2 is 2.31 bits per heavy atom. The van der Waals surface area contributed by atoms with Gasteiger partial charge in [0.15, 0.2) is 11.6 Å². The second-order valence-corrected chi connectivity index (χ2v) is 4.35. The van der Waals surface area contributed by atoms with E-state index in [0.29, 0.717) is 17.8 Å². The molecule has 2 atom stereocenters. The highest BCUT2D eigenvalue weighted by Gasteiger charge is 2.29. The number of nitrogen functional groups attached to an aromatic ring is 1. The van der Waals surface area contributed by atoms with E-state index in [4.69, 9.17) is 5.84 Å². The summed E-state index contributed by atoms with van der Waals surface area (Å²) < 4.78 is 13.6. The average molecular weight is 225 g/mol. The lowest BCUT2D eigenvalue weighted by atomic mass is 10.1. The molecule has 88 valence electrons. The SMILES string of the molecule is CC1CC(C)N(c2nc(NN)ncc2F)C1. The number of nitrogens with two attached hydrogens (primary N) is 1. The minimum Gasteiger partial charge on any atom is -0.351 e. The summed E-state index contributed by atoms with van der Waals surface area (Å²) in [7, 11) is 0. The first-order chi connectivity index (χ1) is 7.61. The molecular weight excluding hydrogens is 209 g/mol. The van der Waals surface area contributed by atoms with Crippen molar-refractivity contribution >= 4 is 11.8 Å². The predicted molar refractivity (Wildman–Crippen MR) is 60.4 cm³/mol. The lowest BCUT2D eigenvalue weighted by Crippen LogP contribution is -2.29. The summed E-state index contributed by atoms with van der Waals surface area (Å²) in [5, 5.41) is 0. The van der Waals surface area contributed by atoms with Crippen molar-refractivity contribution in [2.45, 2.75) is 26.3 Å². The van der Waals surface area contributed by atoms with Crippen LogP contribution in [0.25, 0.3) is 0 Å². The second kappa shape index (κ2) is 4.21. The van der Waals surface area contributed by atoms with Crippen molar-refractivity contribution in [1.82, 2.24) is 9.97 Å². The number of nitrogens with one attached hydrogen (secondary N) is 1. The molecule has 2 unspecified atom stereocenters. The molecule has 0 amide bonds. The van der Waals surface area contributed by atoms with Gasteiger partial charge in [0.25, 0.3) is 0 Å². The molecule has 5 nitrogen and oxygen atoms in total. The van der Waals surface area contributed by atoms with Gasteiger partial charge in [0.05, 0.1) is 6.20 Å². The summed E-state index contributed by atoms with van der Waals surface area (Å²) in [5.41, 5.74) is 2.33. The molecule has 0 spiro atoms. The van der Waals surface area contributed by atoms with Crippen LogP contribution in [-0.2, 0) is 0 Å². The Kier molecular flexibility index (Phi) is 2.91. The van der Waals surface area contributed by atoms with E-state index in [0.717, 1.165) is 19.2 Å². The van der Waals surface area contributed by atoms with Crippen molar-refractivity contribution in [1.29, 1.82) is 0 Å². The summed E-state index contributed by atoms with van der Waals surface area (Å²) in [6, 6.07) is 0.296. The molecule has 1 aromatic rings. The number of nitrogens with zero attached hydrogens (tertiary/aromatic N) is 3. The number of hydrogen-bond donors (Lipinski definition) is 2. The topological polar surface area (TPSA) is 67.1 Å². The number of halogens is 1. The highest BCUT2D eigenvalue weighted by atomic mass is 19.1. The van der Waals surface area contributed by atoms with Gasteiger partial charge in [-0.3, -0.25) is 5.43 Å². The molecule has 2 rings (SSSR count). The van der Waals surface area contributed by atoms with Crippen LogP contribution in [-0.4, -0.2) is 22.6 Å². The summed E-state index contributed by atoms with van der Waals surface area (Å²) in [5.74, 6) is 5.94. The van der Waals surface area contributed by atoms with Crippen LogP contribution < -0.4 is 16.2 Å². The van der Waals surface area contributed by atoms with Gasteiger partial charge in [-0.2, -0.15) is 4.98 Å². The van der Waals surface area contributed by atoms with Crippen LogP contribution in [0, 0.1) is 11.7 Å². The van der Waals surface area contributed by atoms with Crippen molar-refractivity contribution in [2.24, 2.45) is 11.8 Å². The Hall–Kier alpha value is -1.43. The van der Waals surface area contributed by atoms with Crippen molar-refractivity contribution in [3.05, 3.63) is 12.0 Å². The highest BCUT2D eigenvalue weighted by Crippen LogP contribution is 2.29. The zero-order chi connectivity index (χ0) is 11.7. The molecular formula is C10H16FN5. The molecule has 1 saturated heterocycles. The third kappa shape index (κ3) is 1.92. The Balaban J connectivity index is 2.32. The quantitative estimate of drug-likeness (QED) is 0.583. The van der Waals surface area contributed by atoms with Crippen LogP contribution in [0.4, 0.5) is 16.2 Å². The molecule has 6 heteroatoms. The molecule has 0 bridgehead atoms. The van der Waals surface area contributed by atoms with E-state index in [1.165, 1.54) is 0 Å². The number of hydrogen-bond acceptors (Lipinski definition) is 5. The minimum absolute atomic E-state index is 0.239. The summed E-state index contributed by atoms with van der Waals surface area (Å²) in [4.78, 5) is 9.75. The third-order valence-electron chi connectivity index (χ3n) is 2.91. The molecule has 1 fully saturated rings. The smallest absolute Gasteiger partial charge is 0.239 e. The van der Waals surface area contributed by atoms with Crippen molar-refractivity contribution in [3.63, 3.8) is 0 Å². The fraction of sp³-hybridized carbons (Fsp3) is 0.600. The largest absolute Gasteiger partial charge is 0.351 e. The first-order valence-electron chi connectivity index (χ1n) is 5.37. The maximum Gasteiger partial charge on any atom is 0.239 e. The fourth-order valence-electron chi connectivity index (χ4n) is 2.22. The van der Waals surface area contributed by atoms with Gasteiger partial charge >= 0.3 is 0 Å². The van der Waals surface area contributed by atoms with Crippen LogP contribution in [0.15, 0.2) is 6.20 Å². The zero-order valence-electron chi connectivity index (χ0n) is 9.44. The van der Waals surface area contributed by atoms with Gasteiger partial charge in [0.2, 0.25) is 5.95 Å². The fourth-order valence-corrected chi connectivity index (χ4v) is 2.22. The summed E-state index contributed by atoms with van der Waals surface area (Å²) in [6.45, 7) is 5.04. The van der Waals surface area contributed by atoms with Crippen LogP contribution in [0.1, 0.15) is 20.3 Å². The van der Waals surface area contributed by atoms with Gasteiger partial charge in [0.1, 0.15) is 0 Å². The Labute approximate surface area is 93.8 Å². The second-order valence-electron chi connectivity index (χ2n) is 4.35. The molecule has 2 heterocycles. The predicted octanol–water partition coefficient (Wildman–Crippen LogP) is 1.14. The zero-order valence-corrected chi connectivity index (χ0v) is 9.44. The van der Waals surface area contributed by atoms with Crippen LogP contribution in [0.2, 0.25) is 0 Å². The van der Waals surface area contributed by atoms with E-state index < -0.39 is 5.82 Å². The Bertz CT molecular complexity index is 383. The van der Waals surface area contributed by atoms with Crippen molar-refractivity contribution in [3.8, 4) is 0 Å². The van der Waals surface area contributed by atoms with Gasteiger partial charge in [-0.1, -0.05) is 6.92 Å². The molecule has 16 heavy (non-hydrogen) atoms. The molecule has 1 aliphatic rings. The first-order valence-corrected chi connectivity index (χ1v) is 5.37. The maximum atomic E-state index is 13.6. The van der Waals surface area contributed by atoms with E-state index in [1.54, 1.807) is 0 Å². The third-order valence-corrected chi connectivity index (χ3v) is 2.91. The van der Waals surface area contributed by atoms with Gasteiger partial charge < -0.3 is 4.90 Å². The van der Waals surface area contributed by atoms with Crippen molar-refractivity contribution < 1.29 is 4.39 Å². The van der Waals surface area contributed by atoms with Crippen LogP contribution in [0.5, 0.6) is 0 Å². The lowest BCUT2D eigenvalue weighted by Gasteiger charge is -2.23. The van der Waals surface area contributed by atoms with E-state index >= 15 is 0 Å². The molecule has 3 N–H and O–H groups in total. The van der Waals surface area contributed by atoms with Gasteiger partial charge in [0, 0.05) is 12.6 Å². The lowest BCUT2D eigenvalue weighted by molar-refractivity contribution is 0.598. The van der Waals surface area contributed by atoms with Crippen molar-refractivity contribution in [2.75, 3.05) is 16.9 Å². The van der Waals surface area contributed by atoms with Gasteiger partial charge in [-0.15, -0.1) is 0 Å². The van der Waals surface area contributed by atoms with Crippen LogP contribution in [0.3, 0.4) is 0 Å². The standard InChI is InChI=1S/C10H16FN5/c1-6-3-7(2)16(5-6)9-8(11)4-13-10(14-9)15-12/h4,6-7H,3,5,12H2,1-2H3,(H,13,14,15). The number of rotatable bonds is 2. The van der Waals surface area contributed by atoms with Crippen LogP contribution >= 0.6 is 0 Å². The number of aromatic nitrogens is 2. The minimum atomic E-state index is -0.403. The highest BCUT2D eigenvalue weighted by molar-refractivity contribution is 5.45. The number of hydrazine groups is 1. The average Bonchev–Trinajstić information content (AvgIpc) is 2.58. The Morgan fingerprint density at radius 1 is 1.56 bits per heavy atom. The molecule has 0 radical (unpaired) electrons. The normalized spacial score (nSPS) is 24.9. The van der Waals surface area contributed by atoms with E-state index in [2.05, 4.69) is 29.2 Å². The first kappa shape index (κ1) is 11.1. The molecule has 0 saturated carbocycles. The molecule has 1 aromatic heterocycles. The Morgan fingerprint density at radius 3 is 2.88 bits per heavy atom. The van der Waals surface area contributed by atoms with E-state index in [-0.39, 0.29) is 5.95 Å². The van der Waals surface area contributed by atoms with E-state index in [1.807, 2.05) is 4.90 Å².